The van der Waals surface area contributed by atoms with Crippen LogP contribution in [0, 0.1) is 5.92 Å². The van der Waals surface area contributed by atoms with Gasteiger partial charge in [-0.3, -0.25) is 4.90 Å². The molecule has 0 saturated carbocycles. The first-order chi connectivity index (χ1) is 11.1. The van der Waals surface area contributed by atoms with Crippen LogP contribution in [0.4, 0.5) is 0 Å². The number of hydrogen-bond donors (Lipinski definition) is 1. The number of likely N-dealkylation sites (tertiary alicyclic amines) is 1. The van der Waals surface area contributed by atoms with Crippen LogP contribution in [0.15, 0.2) is 34.7 Å². The lowest BCUT2D eigenvalue weighted by Crippen LogP contribution is -2.52. The molecule has 0 bridgehead atoms. The van der Waals surface area contributed by atoms with Crippen molar-refractivity contribution in [2.75, 3.05) is 19.8 Å². The zero-order valence-electron chi connectivity index (χ0n) is 13.7. The van der Waals surface area contributed by atoms with Gasteiger partial charge < -0.3 is 14.3 Å². The number of nitrogens with zero attached hydrogens (tertiary/aromatic N) is 1. The van der Waals surface area contributed by atoms with E-state index in [-0.39, 0.29) is 5.92 Å². The Bertz CT molecular complexity index is 645. The maximum absolute atomic E-state index is 10.8. The van der Waals surface area contributed by atoms with Crippen molar-refractivity contribution in [3.05, 3.63) is 36.1 Å². The Morgan fingerprint density at radius 1 is 1.35 bits per heavy atom. The molecule has 0 radical (unpaired) electrons. The molecule has 4 nitrogen and oxygen atoms in total. The van der Waals surface area contributed by atoms with E-state index in [1.54, 1.807) is 0 Å². The van der Waals surface area contributed by atoms with Gasteiger partial charge in [-0.1, -0.05) is 18.2 Å². The molecule has 3 heterocycles. The zero-order chi connectivity index (χ0) is 15.9. The third kappa shape index (κ3) is 2.91. The molecule has 0 aliphatic carbocycles. The van der Waals surface area contributed by atoms with Crippen molar-refractivity contribution in [2.45, 2.75) is 44.4 Å². The van der Waals surface area contributed by atoms with Gasteiger partial charge in [-0.15, -0.1) is 0 Å². The lowest BCUT2D eigenvalue weighted by atomic mass is 9.79. The Morgan fingerprint density at radius 3 is 3.04 bits per heavy atom. The van der Waals surface area contributed by atoms with Crippen LogP contribution in [-0.2, 0) is 11.3 Å². The third-order valence-electron chi connectivity index (χ3n) is 5.56. The smallest absolute Gasteiger partial charge is 0.134 e. The van der Waals surface area contributed by atoms with Crippen molar-refractivity contribution in [1.82, 2.24) is 4.90 Å². The average molecular weight is 315 g/mol. The van der Waals surface area contributed by atoms with Gasteiger partial charge in [0.1, 0.15) is 11.3 Å². The van der Waals surface area contributed by atoms with Gasteiger partial charge in [0.2, 0.25) is 0 Å². The third-order valence-corrected chi connectivity index (χ3v) is 5.56. The number of para-hydroxylation sites is 1. The SMILES string of the molecule is C[C@]1(O)CCOC[C@H]1[C@@H]1CCCN1Cc1cc2ccccc2o1. The second-order valence-electron chi connectivity index (χ2n) is 7.22. The largest absolute Gasteiger partial charge is 0.460 e. The Kier molecular flexibility index (Phi) is 3.92. The maximum atomic E-state index is 10.8. The quantitative estimate of drug-likeness (QED) is 0.945. The molecular formula is C19H25NO3. The highest BCUT2D eigenvalue weighted by Gasteiger charge is 2.44. The second kappa shape index (κ2) is 5.93. The number of hydrogen-bond acceptors (Lipinski definition) is 4. The Hall–Kier alpha value is -1.36. The van der Waals surface area contributed by atoms with Crippen LogP contribution in [-0.4, -0.2) is 41.4 Å². The van der Waals surface area contributed by atoms with Crippen molar-refractivity contribution in [2.24, 2.45) is 5.92 Å². The highest BCUT2D eigenvalue weighted by Crippen LogP contribution is 2.36. The molecule has 4 heteroatoms. The number of furan rings is 1. The van der Waals surface area contributed by atoms with Gasteiger partial charge in [0.05, 0.1) is 18.8 Å². The predicted octanol–water partition coefficient (Wildman–Crippen LogP) is 3.18. The van der Waals surface area contributed by atoms with E-state index >= 15 is 0 Å². The van der Waals surface area contributed by atoms with Crippen LogP contribution in [0.3, 0.4) is 0 Å². The van der Waals surface area contributed by atoms with E-state index in [1.807, 2.05) is 25.1 Å². The van der Waals surface area contributed by atoms with Crippen LogP contribution in [0.2, 0.25) is 0 Å². The van der Waals surface area contributed by atoms with E-state index in [0.29, 0.717) is 19.3 Å². The first-order valence-corrected chi connectivity index (χ1v) is 8.65. The van der Waals surface area contributed by atoms with Gasteiger partial charge in [-0.05, 0) is 44.9 Å². The lowest BCUT2D eigenvalue weighted by molar-refractivity contribution is -0.124. The summed E-state index contributed by atoms with van der Waals surface area (Å²) in [4.78, 5) is 2.46. The predicted molar refractivity (Wildman–Crippen MR) is 89.2 cm³/mol. The second-order valence-corrected chi connectivity index (χ2v) is 7.22. The van der Waals surface area contributed by atoms with Gasteiger partial charge >= 0.3 is 0 Å². The molecule has 1 aromatic carbocycles. The number of rotatable bonds is 3. The number of benzene rings is 1. The molecule has 2 saturated heterocycles. The maximum Gasteiger partial charge on any atom is 0.134 e. The summed E-state index contributed by atoms with van der Waals surface area (Å²) >= 11 is 0. The lowest BCUT2D eigenvalue weighted by Gasteiger charge is -2.43. The van der Waals surface area contributed by atoms with E-state index in [1.165, 1.54) is 6.42 Å². The van der Waals surface area contributed by atoms with Crippen LogP contribution < -0.4 is 0 Å². The molecule has 2 aliphatic rings. The Labute approximate surface area is 137 Å². The van der Waals surface area contributed by atoms with Crippen molar-refractivity contribution < 1.29 is 14.3 Å². The van der Waals surface area contributed by atoms with E-state index in [0.717, 1.165) is 42.7 Å². The molecule has 0 amide bonds. The minimum absolute atomic E-state index is 0.183. The molecular weight excluding hydrogens is 290 g/mol. The minimum Gasteiger partial charge on any atom is -0.460 e. The topological polar surface area (TPSA) is 45.8 Å². The number of ether oxygens (including phenoxy) is 1. The summed E-state index contributed by atoms with van der Waals surface area (Å²) in [5, 5.41) is 11.9. The summed E-state index contributed by atoms with van der Waals surface area (Å²) in [6.45, 7) is 5.17. The molecule has 4 rings (SSSR count). The fraction of sp³-hybridized carbons (Fsp3) is 0.579. The summed E-state index contributed by atoms with van der Waals surface area (Å²) in [7, 11) is 0. The van der Waals surface area contributed by atoms with Crippen LogP contribution in [0.1, 0.15) is 31.9 Å². The van der Waals surface area contributed by atoms with Gasteiger partial charge in [-0.2, -0.15) is 0 Å². The molecule has 23 heavy (non-hydrogen) atoms. The normalized spacial score (nSPS) is 32.6. The zero-order valence-corrected chi connectivity index (χ0v) is 13.7. The highest BCUT2D eigenvalue weighted by molar-refractivity contribution is 5.77. The van der Waals surface area contributed by atoms with E-state index in [4.69, 9.17) is 9.15 Å². The molecule has 0 unspecified atom stereocenters. The molecule has 0 spiro atoms. The molecule has 2 aliphatic heterocycles. The summed E-state index contributed by atoms with van der Waals surface area (Å²) < 4.78 is 11.6. The van der Waals surface area contributed by atoms with Gasteiger partial charge in [0.15, 0.2) is 0 Å². The molecule has 124 valence electrons. The fourth-order valence-corrected chi connectivity index (χ4v) is 4.20. The molecule has 1 N–H and O–H groups in total. The van der Waals surface area contributed by atoms with Gasteiger partial charge in [-0.25, -0.2) is 0 Å². The first-order valence-electron chi connectivity index (χ1n) is 8.65. The Morgan fingerprint density at radius 2 is 2.22 bits per heavy atom. The van der Waals surface area contributed by atoms with Crippen molar-refractivity contribution in [3.8, 4) is 0 Å². The summed E-state index contributed by atoms with van der Waals surface area (Å²) in [5.41, 5.74) is 0.325. The standard InChI is InChI=1S/C19H25NO3/c1-19(21)8-10-22-13-16(19)17-6-4-9-20(17)12-15-11-14-5-2-3-7-18(14)23-15/h2-3,5,7,11,16-17,21H,4,6,8-10,12-13H2,1H3/t16-,17-,19-/m0/s1. The van der Waals surface area contributed by atoms with E-state index in [9.17, 15) is 5.11 Å². The fourth-order valence-electron chi connectivity index (χ4n) is 4.20. The molecule has 2 fully saturated rings. The van der Waals surface area contributed by atoms with E-state index < -0.39 is 5.60 Å². The van der Waals surface area contributed by atoms with E-state index in [2.05, 4.69) is 17.0 Å². The minimum atomic E-state index is -0.626. The molecule has 1 aromatic heterocycles. The molecule has 3 atom stereocenters. The summed E-state index contributed by atoms with van der Waals surface area (Å²) in [6, 6.07) is 10.7. The molecule has 2 aromatic rings. The van der Waals surface area contributed by atoms with Crippen molar-refractivity contribution >= 4 is 11.0 Å². The van der Waals surface area contributed by atoms with Gasteiger partial charge in [0, 0.05) is 24.0 Å². The number of fused-ring (bicyclic) bond motifs is 1. The Balaban J connectivity index is 1.53. The number of aliphatic hydroxyl groups is 1. The van der Waals surface area contributed by atoms with Crippen molar-refractivity contribution in [1.29, 1.82) is 0 Å². The van der Waals surface area contributed by atoms with Crippen LogP contribution in [0.5, 0.6) is 0 Å². The van der Waals surface area contributed by atoms with Crippen LogP contribution in [0.25, 0.3) is 11.0 Å². The van der Waals surface area contributed by atoms with Crippen molar-refractivity contribution in [3.63, 3.8) is 0 Å². The van der Waals surface area contributed by atoms with Gasteiger partial charge in [0.25, 0.3) is 0 Å². The summed E-state index contributed by atoms with van der Waals surface area (Å²) in [5.74, 6) is 1.19. The highest BCUT2D eigenvalue weighted by atomic mass is 16.5. The van der Waals surface area contributed by atoms with Crippen LogP contribution >= 0.6 is 0 Å². The average Bonchev–Trinajstić information content (AvgIpc) is 3.13. The summed E-state index contributed by atoms with van der Waals surface area (Å²) in [6.07, 6.45) is 3.04. The monoisotopic (exact) mass is 315 g/mol. The first kappa shape index (κ1) is 15.2.